The van der Waals surface area contributed by atoms with Crippen molar-refractivity contribution in [2.45, 2.75) is 64.5 Å². The van der Waals surface area contributed by atoms with Gasteiger partial charge in [-0.15, -0.1) is 0 Å². The number of carbonyl (C=O) groups excluding carboxylic acids is 1. The van der Waals surface area contributed by atoms with Gasteiger partial charge in [0.15, 0.2) is 0 Å². The Bertz CT molecular complexity index is 1270. The van der Waals surface area contributed by atoms with Crippen LogP contribution in [0.5, 0.6) is 5.75 Å². The minimum absolute atomic E-state index is 0.206. The van der Waals surface area contributed by atoms with Crippen LogP contribution in [-0.2, 0) is 4.74 Å². The zero-order chi connectivity index (χ0) is 26.8. The average molecular weight is 521 g/mol. The number of imidazole rings is 1. The van der Waals surface area contributed by atoms with E-state index in [9.17, 15) is 4.79 Å². The fourth-order valence-corrected chi connectivity index (χ4v) is 5.89. The number of carbonyl (C=O) groups is 1. The summed E-state index contributed by atoms with van der Waals surface area (Å²) >= 11 is 0. The summed E-state index contributed by atoms with van der Waals surface area (Å²) in [7, 11) is 3.81. The van der Waals surface area contributed by atoms with Crippen molar-refractivity contribution in [3.63, 3.8) is 0 Å². The number of rotatable bonds is 6. The van der Waals surface area contributed by atoms with Crippen LogP contribution in [0.3, 0.4) is 0 Å². The number of likely N-dealkylation sites (N-methyl/N-ethyl adjacent to an activating group) is 1. The van der Waals surface area contributed by atoms with Crippen LogP contribution in [0.15, 0.2) is 30.6 Å². The van der Waals surface area contributed by atoms with Crippen LogP contribution in [0, 0.1) is 6.92 Å². The maximum absolute atomic E-state index is 12.2. The fourth-order valence-electron chi connectivity index (χ4n) is 5.89. The van der Waals surface area contributed by atoms with Gasteiger partial charge in [-0.1, -0.05) is 6.07 Å². The summed E-state index contributed by atoms with van der Waals surface area (Å²) < 4.78 is 13.1. The van der Waals surface area contributed by atoms with Gasteiger partial charge in [0, 0.05) is 56.1 Å². The van der Waals surface area contributed by atoms with Gasteiger partial charge in [-0.25, -0.2) is 9.78 Å². The summed E-state index contributed by atoms with van der Waals surface area (Å²) in [6.45, 7) is 10.3. The number of ether oxygens (including phenoxy) is 2. The first-order valence-electron chi connectivity index (χ1n) is 13.8. The van der Waals surface area contributed by atoms with Gasteiger partial charge in [-0.2, -0.15) is 0 Å². The third kappa shape index (κ3) is 5.49. The normalized spacial score (nSPS) is 21.1. The van der Waals surface area contributed by atoms with Crippen molar-refractivity contribution in [2.24, 2.45) is 0 Å². The van der Waals surface area contributed by atoms with Gasteiger partial charge >= 0.3 is 6.09 Å². The predicted octanol–water partition coefficient (Wildman–Crippen LogP) is 4.94. The number of fused-ring (bicyclic) bond motifs is 1. The van der Waals surface area contributed by atoms with Crippen LogP contribution < -0.4 is 10.1 Å². The van der Waals surface area contributed by atoms with Gasteiger partial charge in [0.05, 0.1) is 35.8 Å². The number of aromatic nitrogens is 3. The Hall–Kier alpha value is -3.17. The number of anilines is 1. The van der Waals surface area contributed by atoms with Crippen LogP contribution in [0.2, 0.25) is 0 Å². The number of benzene rings is 1. The summed E-state index contributed by atoms with van der Waals surface area (Å²) in [6.07, 6.45) is 7.89. The molecule has 1 aliphatic heterocycles. The van der Waals surface area contributed by atoms with E-state index in [-0.39, 0.29) is 6.10 Å². The quantitative estimate of drug-likeness (QED) is 0.493. The molecule has 9 heteroatoms. The van der Waals surface area contributed by atoms with E-state index in [1.54, 1.807) is 7.11 Å². The SMILES string of the molecule is COc1cc(-c2nc(C3CCC(N4CCN(C)CC4)CC3)n3ccnc(C)c23)ccc1NC(=O)OC(C)C. The van der Waals surface area contributed by atoms with E-state index in [0.717, 1.165) is 54.2 Å². The highest BCUT2D eigenvalue weighted by Crippen LogP contribution is 2.39. The molecule has 38 heavy (non-hydrogen) atoms. The first kappa shape index (κ1) is 26.4. The lowest BCUT2D eigenvalue weighted by molar-refractivity contribution is 0.0872. The molecule has 1 aliphatic carbocycles. The maximum Gasteiger partial charge on any atom is 0.411 e. The van der Waals surface area contributed by atoms with Gasteiger partial charge in [0.1, 0.15) is 11.6 Å². The molecule has 2 aliphatic rings. The zero-order valence-electron chi connectivity index (χ0n) is 23.2. The minimum Gasteiger partial charge on any atom is -0.495 e. The number of methoxy groups -OCH3 is 1. The van der Waals surface area contributed by atoms with E-state index in [0.29, 0.717) is 23.4 Å². The Morgan fingerprint density at radius 3 is 2.53 bits per heavy atom. The molecule has 1 saturated carbocycles. The Balaban J connectivity index is 1.41. The van der Waals surface area contributed by atoms with Crippen molar-refractivity contribution in [1.29, 1.82) is 0 Å². The molecular formula is C29H40N6O3. The second-order valence-corrected chi connectivity index (χ2v) is 10.9. The van der Waals surface area contributed by atoms with Crippen molar-refractivity contribution in [3.05, 3.63) is 42.1 Å². The van der Waals surface area contributed by atoms with E-state index in [2.05, 4.69) is 31.5 Å². The van der Waals surface area contributed by atoms with Gasteiger partial charge in [0.25, 0.3) is 0 Å². The third-order valence-electron chi connectivity index (χ3n) is 7.94. The number of nitrogens with one attached hydrogen (secondary N) is 1. The van der Waals surface area contributed by atoms with Crippen LogP contribution in [0.25, 0.3) is 16.8 Å². The van der Waals surface area contributed by atoms with Gasteiger partial charge in [0.2, 0.25) is 0 Å². The summed E-state index contributed by atoms with van der Waals surface area (Å²) in [5, 5.41) is 2.78. The molecule has 1 N–H and O–H groups in total. The highest BCUT2D eigenvalue weighted by atomic mass is 16.6. The first-order chi connectivity index (χ1) is 18.3. The Kier molecular flexibility index (Phi) is 7.85. The fraction of sp³-hybridized carbons (Fsp3) is 0.552. The number of aryl methyl sites for hydroxylation is 1. The predicted molar refractivity (Wildman–Crippen MR) is 149 cm³/mol. The van der Waals surface area contributed by atoms with Gasteiger partial charge in [-0.3, -0.25) is 19.6 Å². The van der Waals surface area contributed by atoms with E-state index >= 15 is 0 Å². The lowest BCUT2D eigenvalue weighted by Crippen LogP contribution is -2.49. The molecule has 1 saturated heterocycles. The van der Waals surface area contributed by atoms with Crippen LogP contribution in [0.1, 0.15) is 57.0 Å². The Morgan fingerprint density at radius 1 is 1.11 bits per heavy atom. The van der Waals surface area contributed by atoms with Gasteiger partial charge < -0.3 is 14.4 Å². The molecule has 1 amide bonds. The topological polar surface area (TPSA) is 84.2 Å². The van der Waals surface area contributed by atoms with Crippen LogP contribution in [0.4, 0.5) is 10.5 Å². The second kappa shape index (κ2) is 11.3. The van der Waals surface area contributed by atoms with E-state index < -0.39 is 6.09 Å². The van der Waals surface area contributed by atoms with Crippen molar-refractivity contribution in [3.8, 4) is 17.0 Å². The lowest BCUT2D eigenvalue weighted by atomic mass is 9.84. The summed E-state index contributed by atoms with van der Waals surface area (Å²) in [5.74, 6) is 2.08. The van der Waals surface area contributed by atoms with E-state index in [1.807, 2.05) is 51.4 Å². The van der Waals surface area contributed by atoms with Gasteiger partial charge in [-0.05, 0) is 65.6 Å². The molecule has 2 fully saturated rings. The molecule has 204 valence electrons. The third-order valence-corrected chi connectivity index (χ3v) is 7.94. The van der Waals surface area contributed by atoms with Crippen LogP contribution >= 0.6 is 0 Å². The number of nitrogens with zero attached hydrogens (tertiary/aromatic N) is 5. The van der Waals surface area contributed by atoms with E-state index in [4.69, 9.17) is 14.5 Å². The zero-order valence-corrected chi connectivity index (χ0v) is 23.2. The molecule has 1 aromatic carbocycles. The monoisotopic (exact) mass is 520 g/mol. The molecule has 0 spiro atoms. The molecule has 9 nitrogen and oxygen atoms in total. The van der Waals surface area contributed by atoms with Crippen molar-refractivity contribution in [2.75, 3.05) is 45.7 Å². The Labute approximate surface area is 225 Å². The largest absolute Gasteiger partial charge is 0.495 e. The number of piperazine rings is 1. The highest BCUT2D eigenvalue weighted by molar-refractivity contribution is 5.89. The summed E-state index contributed by atoms with van der Waals surface area (Å²) in [4.78, 5) is 27.1. The second-order valence-electron chi connectivity index (χ2n) is 10.9. The first-order valence-corrected chi connectivity index (χ1v) is 13.8. The summed E-state index contributed by atoms with van der Waals surface area (Å²) in [6, 6.07) is 6.42. The molecule has 3 heterocycles. The lowest BCUT2D eigenvalue weighted by Gasteiger charge is -2.41. The number of amides is 1. The standard InChI is InChI=1S/C29H40N6O3/c1-19(2)38-29(36)31-24-11-8-22(18-25(24)37-5)26-27-20(3)30-12-13-35(27)28(32-26)21-6-9-23(10-7-21)34-16-14-33(4)15-17-34/h8,11-13,18-19,21,23H,6-7,9-10,14-17H2,1-5H3,(H,31,36). The molecule has 0 unspecified atom stereocenters. The maximum atomic E-state index is 12.2. The molecule has 0 radical (unpaired) electrons. The smallest absolute Gasteiger partial charge is 0.411 e. The molecule has 0 atom stereocenters. The highest BCUT2D eigenvalue weighted by Gasteiger charge is 2.31. The molecule has 3 aromatic rings. The molecular weight excluding hydrogens is 480 g/mol. The molecule has 2 aromatic heterocycles. The van der Waals surface area contributed by atoms with Crippen molar-refractivity contribution >= 4 is 17.3 Å². The molecule has 0 bridgehead atoms. The average Bonchev–Trinajstić information content (AvgIpc) is 3.30. The minimum atomic E-state index is -0.506. The molecule has 5 rings (SSSR count). The summed E-state index contributed by atoms with van der Waals surface area (Å²) in [5.41, 5.74) is 4.33. The van der Waals surface area contributed by atoms with Crippen molar-refractivity contribution < 1.29 is 14.3 Å². The Morgan fingerprint density at radius 2 is 1.84 bits per heavy atom. The van der Waals surface area contributed by atoms with Crippen LogP contribution in [-0.4, -0.2) is 82.7 Å². The van der Waals surface area contributed by atoms with E-state index in [1.165, 1.54) is 25.9 Å². The van der Waals surface area contributed by atoms with Crippen molar-refractivity contribution in [1.82, 2.24) is 24.2 Å². The number of hydrogen-bond acceptors (Lipinski definition) is 7. The number of hydrogen-bond donors (Lipinski definition) is 1.